The molecule has 11 heteroatoms. The number of nitro groups is 3. The van der Waals surface area contributed by atoms with E-state index in [0.29, 0.717) is 12.1 Å². The Hall–Kier alpha value is -4.41. The lowest BCUT2D eigenvalue weighted by Crippen LogP contribution is -1.97. The van der Waals surface area contributed by atoms with Crippen molar-refractivity contribution in [3.63, 3.8) is 0 Å². The van der Waals surface area contributed by atoms with E-state index in [1.54, 1.807) is 0 Å². The average molecular weight is 384 g/mol. The molecule has 2 aromatic carbocycles. The Kier molecular flexibility index (Phi) is 6.26. The first-order valence-electron chi connectivity index (χ1n) is 7.57. The molecule has 0 saturated heterocycles. The summed E-state index contributed by atoms with van der Waals surface area (Å²) in [5.41, 5.74) is -0.552. The molecule has 0 amide bonds. The van der Waals surface area contributed by atoms with Crippen LogP contribution in [0.4, 0.5) is 17.1 Å². The molecule has 1 aromatic heterocycles. The topological polar surface area (TPSA) is 163 Å². The second-order valence-corrected chi connectivity index (χ2v) is 5.21. The van der Waals surface area contributed by atoms with Gasteiger partial charge in [-0.25, -0.2) is 0 Å². The minimum absolute atomic E-state index is 0.447. The number of pyridine rings is 1. The number of non-ortho nitro benzene ring substituents is 1. The lowest BCUT2D eigenvalue weighted by molar-refractivity contribution is -0.404. The summed E-state index contributed by atoms with van der Waals surface area (Å²) < 4.78 is 0. The third-order valence-corrected chi connectivity index (χ3v) is 3.45. The van der Waals surface area contributed by atoms with Crippen LogP contribution in [0.25, 0.3) is 11.1 Å². The largest absolute Gasteiger partial charge is 0.497 e. The van der Waals surface area contributed by atoms with Crippen LogP contribution in [0.15, 0.2) is 67.0 Å². The monoisotopic (exact) mass is 384 g/mol. The molecule has 0 saturated carbocycles. The van der Waals surface area contributed by atoms with Crippen molar-refractivity contribution in [2.75, 3.05) is 0 Å². The average Bonchev–Trinajstić information content (AvgIpc) is 2.69. The summed E-state index contributed by atoms with van der Waals surface area (Å²) in [6, 6.07) is 15.2. The van der Waals surface area contributed by atoms with Crippen LogP contribution in [0.5, 0.6) is 5.75 Å². The Bertz CT molecular complexity index is 938. The molecule has 0 atom stereocenters. The predicted octanol–water partition coefficient (Wildman–Crippen LogP) is 3.87. The molecule has 1 heterocycles. The number of rotatable bonds is 4. The Morgan fingerprint density at radius 2 is 1.18 bits per heavy atom. The molecular weight excluding hydrogens is 372 g/mol. The first-order chi connectivity index (χ1) is 13.3. The number of hydrogen-bond acceptors (Lipinski definition) is 8. The van der Waals surface area contributed by atoms with Crippen molar-refractivity contribution < 1.29 is 19.9 Å². The van der Waals surface area contributed by atoms with Gasteiger partial charge in [-0.05, 0) is 23.3 Å². The zero-order chi connectivity index (χ0) is 20.7. The minimum Gasteiger partial charge on any atom is -0.497 e. The van der Waals surface area contributed by atoms with Gasteiger partial charge >= 0.3 is 11.4 Å². The molecule has 0 spiro atoms. The molecule has 3 aromatic rings. The molecule has 0 aliphatic carbocycles. The molecule has 1 N–H and O–H groups in total. The number of benzene rings is 2. The van der Waals surface area contributed by atoms with Crippen LogP contribution in [0.3, 0.4) is 0 Å². The van der Waals surface area contributed by atoms with Crippen LogP contribution >= 0.6 is 0 Å². The molecule has 0 unspecified atom stereocenters. The molecule has 11 nitrogen and oxygen atoms in total. The van der Waals surface area contributed by atoms with E-state index < -0.39 is 37.6 Å². The maximum Gasteiger partial charge on any atom is 0.324 e. The fourth-order valence-electron chi connectivity index (χ4n) is 2.15. The number of nitrogens with zero attached hydrogens (tertiary/aromatic N) is 4. The van der Waals surface area contributed by atoms with E-state index in [0.717, 1.165) is 0 Å². The maximum absolute atomic E-state index is 10.4. The van der Waals surface area contributed by atoms with E-state index in [2.05, 4.69) is 17.1 Å². The van der Waals surface area contributed by atoms with E-state index in [9.17, 15) is 30.3 Å². The molecule has 0 aliphatic heterocycles. The number of hydrogen-bond donors (Lipinski definition) is 1. The molecule has 0 aliphatic rings. The zero-order valence-electron chi connectivity index (χ0n) is 14.0. The van der Waals surface area contributed by atoms with Crippen LogP contribution in [-0.4, -0.2) is 24.9 Å². The van der Waals surface area contributed by atoms with Gasteiger partial charge in [-0.15, -0.1) is 0 Å². The van der Waals surface area contributed by atoms with Gasteiger partial charge < -0.3 is 5.11 Å². The summed E-state index contributed by atoms with van der Waals surface area (Å²) in [6.45, 7) is 0. The van der Waals surface area contributed by atoms with E-state index in [-0.39, 0.29) is 0 Å². The highest BCUT2D eigenvalue weighted by Gasteiger charge is 2.30. The number of aromatic hydroxyl groups is 1. The standard InChI is InChI=1S/C11H9N.C6H3N3O7/c1-2-4-10(5-3-1)11-6-8-12-9-7-11;10-6-4(8(13)14)1-3(7(11)12)2-5(6)9(15)16/h1-9H;1-2,10H. The van der Waals surface area contributed by atoms with Crippen LogP contribution in [0, 0.1) is 30.3 Å². The highest BCUT2D eigenvalue weighted by Crippen LogP contribution is 2.38. The lowest BCUT2D eigenvalue weighted by atomic mass is 10.1. The first-order valence-corrected chi connectivity index (χ1v) is 7.57. The molecule has 0 fully saturated rings. The SMILES string of the molecule is O=[N+]([O-])c1cc([N+](=O)[O-])c(O)c([N+](=O)[O-])c1.c1ccc(-c2ccncc2)cc1. The molecule has 28 heavy (non-hydrogen) atoms. The highest BCUT2D eigenvalue weighted by molar-refractivity contribution is 5.64. The van der Waals surface area contributed by atoms with Gasteiger partial charge in [0.15, 0.2) is 0 Å². The third kappa shape index (κ3) is 4.82. The van der Waals surface area contributed by atoms with E-state index in [1.165, 1.54) is 11.1 Å². The van der Waals surface area contributed by atoms with Crippen LogP contribution in [0.1, 0.15) is 0 Å². The Labute approximate surface area is 157 Å². The number of phenols is 1. The Morgan fingerprint density at radius 1 is 0.714 bits per heavy atom. The van der Waals surface area contributed by atoms with Crippen LogP contribution < -0.4 is 0 Å². The number of nitro benzene ring substituents is 3. The summed E-state index contributed by atoms with van der Waals surface area (Å²) >= 11 is 0. The van der Waals surface area contributed by atoms with Gasteiger partial charge in [0.25, 0.3) is 11.4 Å². The van der Waals surface area contributed by atoms with Gasteiger partial charge in [-0.1, -0.05) is 30.3 Å². The van der Waals surface area contributed by atoms with Crippen molar-refractivity contribution >= 4 is 17.1 Å². The minimum atomic E-state index is -1.21. The fourth-order valence-corrected chi connectivity index (χ4v) is 2.15. The van der Waals surface area contributed by atoms with E-state index in [4.69, 9.17) is 5.11 Å². The van der Waals surface area contributed by atoms with Gasteiger partial charge in [0, 0.05) is 12.4 Å². The van der Waals surface area contributed by atoms with Gasteiger partial charge in [0.2, 0.25) is 0 Å². The van der Waals surface area contributed by atoms with Crippen molar-refractivity contribution in [1.82, 2.24) is 4.98 Å². The van der Waals surface area contributed by atoms with Crippen molar-refractivity contribution in [3.8, 4) is 16.9 Å². The first kappa shape index (κ1) is 19.9. The summed E-state index contributed by atoms with van der Waals surface area (Å²) in [7, 11) is 0. The quantitative estimate of drug-likeness (QED) is 0.523. The highest BCUT2D eigenvalue weighted by atomic mass is 16.6. The fraction of sp³-hybridized carbons (Fsp3) is 0. The van der Waals surface area contributed by atoms with Crippen LogP contribution in [0.2, 0.25) is 0 Å². The third-order valence-electron chi connectivity index (χ3n) is 3.45. The van der Waals surface area contributed by atoms with Crippen molar-refractivity contribution in [2.45, 2.75) is 0 Å². The summed E-state index contributed by atoms with van der Waals surface area (Å²) in [6.07, 6.45) is 3.62. The normalized spacial score (nSPS) is 9.71. The van der Waals surface area contributed by atoms with Gasteiger partial charge in [-0.2, -0.15) is 0 Å². The summed E-state index contributed by atoms with van der Waals surface area (Å²) in [5, 5.41) is 40.2. The second-order valence-electron chi connectivity index (χ2n) is 5.21. The molecule has 0 radical (unpaired) electrons. The predicted molar refractivity (Wildman–Crippen MR) is 97.7 cm³/mol. The lowest BCUT2D eigenvalue weighted by Gasteiger charge is -1.98. The Balaban J connectivity index is 0.000000207. The zero-order valence-corrected chi connectivity index (χ0v) is 14.0. The number of aromatic nitrogens is 1. The van der Waals surface area contributed by atoms with Crippen molar-refractivity contribution in [3.05, 3.63) is 97.3 Å². The van der Waals surface area contributed by atoms with Gasteiger partial charge in [-0.3, -0.25) is 35.3 Å². The van der Waals surface area contributed by atoms with Gasteiger partial charge in [0.1, 0.15) is 0 Å². The van der Waals surface area contributed by atoms with E-state index in [1.807, 2.05) is 42.7 Å². The summed E-state index contributed by atoms with van der Waals surface area (Å²) in [5.74, 6) is -1.21. The Morgan fingerprint density at radius 3 is 1.61 bits per heavy atom. The smallest absolute Gasteiger partial charge is 0.324 e. The maximum atomic E-state index is 10.4. The van der Waals surface area contributed by atoms with Crippen LogP contribution in [-0.2, 0) is 0 Å². The molecule has 142 valence electrons. The number of phenolic OH excluding ortho intramolecular Hbond substituents is 1. The second kappa shape index (κ2) is 8.80. The molecule has 0 bridgehead atoms. The van der Waals surface area contributed by atoms with Gasteiger partial charge in [0.05, 0.1) is 26.9 Å². The summed E-state index contributed by atoms with van der Waals surface area (Å²) in [4.78, 5) is 31.7. The van der Waals surface area contributed by atoms with Crippen molar-refractivity contribution in [1.29, 1.82) is 0 Å². The molecule has 3 rings (SSSR count). The molecular formula is C17H12N4O7. The van der Waals surface area contributed by atoms with E-state index >= 15 is 0 Å². The van der Waals surface area contributed by atoms with Crippen molar-refractivity contribution in [2.24, 2.45) is 0 Å².